The molecular weight excluding hydrogens is 292 g/mol. The molecule has 0 saturated carbocycles. The van der Waals surface area contributed by atoms with Gasteiger partial charge in [0.2, 0.25) is 6.10 Å². The summed E-state index contributed by atoms with van der Waals surface area (Å²) in [5.74, 6) is 0.160. The molecule has 1 aliphatic rings. The van der Waals surface area contributed by atoms with Gasteiger partial charge in [-0.3, -0.25) is 9.59 Å². The van der Waals surface area contributed by atoms with Crippen LogP contribution in [0.2, 0.25) is 0 Å². The predicted molar refractivity (Wildman–Crippen MR) is 77.8 cm³/mol. The van der Waals surface area contributed by atoms with Crippen molar-refractivity contribution in [3.63, 3.8) is 0 Å². The molecule has 1 aliphatic heterocycles. The van der Waals surface area contributed by atoms with E-state index in [4.69, 9.17) is 15.2 Å². The van der Waals surface area contributed by atoms with Gasteiger partial charge in [0, 0.05) is 0 Å². The molecule has 21 heavy (non-hydrogen) atoms. The first kappa shape index (κ1) is 13.4. The largest absolute Gasteiger partial charge is 0.485 e. The maximum atomic E-state index is 12.2. The summed E-state index contributed by atoms with van der Waals surface area (Å²) in [5.41, 5.74) is 5.52. The molecule has 2 heterocycles. The van der Waals surface area contributed by atoms with Crippen LogP contribution < -0.4 is 20.5 Å². The van der Waals surface area contributed by atoms with E-state index in [1.165, 1.54) is 11.3 Å². The minimum absolute atomic E-state index is 0.111. The monoisotopic (exact) mass is 304 g/mol. The van der Waals surface area contributed by atoms with Gasteiger partial charge >= 0.3 is 0 Å². The van der Waals surface area contributed by atoms with Crippen LogP contribution in [0.15, 0.2) is 35.7 Å². The van der Waals surface area contributed by atoms with Crippen LogP contribution in [0.25, 0.3) is 0 Å². The highest BCUT2D eigenvalue weighted by atomic mass is 32.1. The quantitative estimate of drug-likeness (QED) is 0.901. The third-order valence-electron chi connectivity index (χ3n) is 2.97. The minimum Gasteiger partial charge on any atom is -0.485 e. The van der Waals surface area contributed by atoms with E-state index < -0.39 is 12.0 Å². The Labute approximate surface area is 124 Å². The second kappa shape index (κ2) is 5.45. The Hall–Kier alpha value is -2.54. The summed E-state index contributed by atoms with van der Waals surface area (Å²) in [6.45, 7) is 0.111. The Morgan fingerprint density at radius 3 is 2.76 bits per heavy atom. The number of benzene rings is 1. The Bertz CT molecular complexity index is 698. The van der Waals surface area contributed by atoms with Crippen LogP contribution >= 0.6 is 11.3 Å². The standard InChI is InChI=1S/C14H12N2O4S/c15-12(17)8-5-6-21-14(8)16-13(18)11-7-19-9-3-1-2-4-10(9)20-11/h1-6,11H,7H2,(H2,15,17)(H,16,18)/t11-/m1/s1. The summed E-state index contributed by atoms with van der Waals surface area (Å²) in [7, 11) is 0. The second-order valence-electron chi connectivity index (χ2n) is 4.38. The first-order chi connectivity index (χ1) is 10.1. The zero-order chi connectivity index (χ0) is 14.8. The molecule has 3 rings (SSSR count). The van der Waals surface area contributed by atoms with Crippen LogP contribution in [0, 0.1) is 0 Å². The number of primary amides is 1. The number of ether oxygens (including phenoxy) is 2. The Kier molecular flexibility index (Phi) is 3.49. The van der Waals surface area contributed by atoms with Crippen molar-refractivity contribution in [2.45, 2.75) is 6.10 Å². The third kappa shape index (κ3) is 2.68. The lowest BCUT2D eigenvalue weighted by atomic mass is 10.2. The number of nitrogens with one attached hydrogen (secondary N) is 1. The van der Waals surface area contributed by atoms with Crippen LogP contribution in [0.4, 0.5) is 5.00 Å². The zero-order valence-corrected chi connectivity index (χ0v) is 11.7. The van der Waals surface area contributed by atoms with Crippen LogP contribution in [-0.4, -0.2) is 24.5 Å². The van der Waals surface area contributed by atoms with Crippen molar-refractivity contribution < 1.29 is 19.1 Å². The molecule has 3 N–H and O–H groups in total. The summed E-state index contributed by atoms with van der Waals surface area (Å²) in [4.78, 5) is 23.4. The SMILES string of the molecule is NC(=O)c1ccsc1NC(=O)[C@H]1COc2ccccc2O1. The van der Waals surface area contributed by atoms with Gasteiger partial charge in [0.25, 0.3) is 11.8 Å². The number of amides is 2. The number of hydrogen-bond donors (Lipinski definition) is 2. The van der Waals surface area contributed by atoms with E-state index in [2.05, 4.69) is 5.32 Å². The van der Waals surface area contributed by atoms with E-state index >= 15 is 0 Å². The van der Waals surface area contributed by atoms with Gasteiger partial charge < -0.3 is 20.5 Å². The fourth-order valence-corrected chi connectivity index (χ4v) is 2.74. The normalized spacial score (nSPS) is 16.3. The number of rotatable bonds is 3. The summed E-state index contributed by atoms with van der Waals surface area (Å²) in [5, 5.41) is 4.74. The lowest BCUT2D eigenvalue weighted by Gasteiger charge is -2.25. The molecule has 0 saturated heterocycles. The summed E-state index contributed by atoms with van der Waals surface area (Å²) >= 11 is 1.23. The number of carbonyl (C=O) groups excluding carboxylic acids is 2. The van der Waals surface area contributed by atoms with E-state index in [1.807, 2.05) is 6.07 Å². The number of nitrogens with two attached hydrogens (primary N) is 1. The predicted octanol–water partition coefficient (Wildman–Crippen LogP) is 1.63. The molecule has 6 nitrogen and oxygen atoms in total. The molecule has 108 valence electrons. The van der Waals surface area contributed by atoms with Crippen molar-refractivity contribution in [3.8, 4) is 11.5 Å². The maximum absolute atomic E-state index is 12.2. The van der Waals surface area contributed by atoms with Crippen molar-refractivity contribution in [1.82, 2.24) is 0 Å². The average molecular weight is 304 g/mol. The summed E-state index contributed by atoms with van der Waals surface area (Å²) in [6, 6.07) is 8.69. The zero-order valence-electron chi connectivity index (χ0n) is 10.9. The van der Waals surface area contributed by atoms with E-state index in [-0.39, 0.29) is 18.1 Å². The summed E-state index contributed by atoms with van der Waals surface area (Å²) < 4.78 is 11.1. The third-order valence-corrected chi connectivity index (χ3v) is 3.80. The number of anilines is 1. The number of hydrogen-bond acceptors (Lipinski definition) is 5. The van der Waals surface area contributed by atoms with Crippen molar-refractivity contribution in [1.29, 1.82) is 0 Å². The molecule has 0 fully saturated rings. The summed E-state index contributed by atoms with van der Waals surface area (Å²) in [6.07, 6.45) is -0.775. The molecule has 0 unspecified atom stereocenters. The van der Waals surface area contributed by atoms with Gasteiger partial charge in [-0.15, -0.1) is 11.3 Å². The van der Waals surface area contributed by atoms with Crippen LogP contribution in [0.1, 0.15) is 10.4 Å². The van der Waals surface area contributed by atoms with Crippen molar-refractivity contribution in [2.24, 2.45) is 5.73 Å². The number of carbonyl (C=O) groups is 2. The Balaban J connectivity index is 1.72. The molecule has 0 spiro atoms. The van der Waals surface area contributed by atoms with E-state index in [9.17, 15) is 9.59 Å². The van der Waals surface area contributed by atoms with Gasteiger partial charge in [-0.25, -0.2) is 0 Å². The van der Waals surface area contributed by atoms with Gasteiger partial charge in [0.1, 0.15) is 11.6 Å². The molecule has 7 heteroatoms. The molecule has 0 bridgehead atoms. The molecule has 1 aromatic heterocycles. The smallest absolute Gasteiger partial charge is 0.269 e. The first-order valence-electron chi connectivity index (χ1n) is 6.22. The van der Waals surface area contributed by atoms with Crippen LogP contribution in [-0.2, 0) is 4.79 Å². The highest BCUT2D eigenvalue weighted by Crippen LogP contribution is 2.31. The maximum Gasteiger partial charge on any atom is 0.269 e. The highest BCUT2D eigenvalue weighted by molar-refractivity contribution is 7.14. The Morgan fingerprint density at radius 2 is 2.00 bits per heavy atom. The second-order valence-corrected chi connectivity index (χ2v) is 5.30. The van der Waals surface area contributed by atoms with E-state index in [0.29, 0.717) is 16.5 Å². The molecular formula is C14H12N2O4S. The lowest BCUT2D eigenvalue weighted by Crippen LogP contribution is -2.40. The van der Waals surface area contributed by atoms with Gasteiger partial charge in [-0.1, -0.05) is 12.1 Å². The highest BCUT2D eigenvalue weighted by Gasteiger charge is 2.28. The van der Waals surface area contributed by atoms with Crippen molar-refractivity contribution in [2.75, 3.05) is 11.9 Å². The van der Waals surface area contributed by atoms with Crippen LogP contribution in [0.5, 0.6) is 11.5 Å². The molecule has 2 aromatic rings. The van der Waals surface area contributed by atoms with Gasteiger partial charge in [-0.2, -0.15) is 0 Å². The number of para-hydroxylation sites is 2. The fraction of sp³-hybridized carbons (Fsp3) is 0.143. The van der Waals surface area contributed by atoms with Gasteiger partial charge in [-0.05, 0) is 23.6 Å². The van der Waals surface area contributed by atoms with Gasteiger partial charge in [0.05, 0.1) is 5.56 Å². The molecule has 0 radical (unpaired) electrons. The van der Waals surface area contributed by atoms with Crippen LogP contribution in [0.3, 0.4) is 0 Å². The first-order valence-corrected chi connectivity index (χ1v) is 7.10. The van der Waals surface area contributed by atoms with E-state index in [1.54, 1.807) is 29.6 Å². The van der Waals surface area contributed by atoms with Gasteiger partial charge in [0.15, 0.2) is 11.5 Å². The topological polar surface area (TPSA) is 90.7 Å². The fourth-order valence-electron chi connectivity index (χ4n) is 1.94. The number of fused-ring (bicyclic) bond motifs is 1. The molecule has 0 aliphatic carbocycles. The molecule has 2 amide bonds. The minimum atomic E-state index is -0.775. The number of thiophene rings is 1. The van der Waals surface area contributed by atoms with E-state index in [0.717, 1.165) is 0 Å². The lowest BCUT2D eigenvalue weighted by molar-refractivity contribution is -0.125. The molecule has 1 atom stereocenters. The Morgan fingerprint density at radius 1 is 1.24 bits per heavy atom. The van der Waals surface area contributed by atoms with Crippen molar-refractivity contribution >= 4 is 28.2 Å². The van der Waals surface area contributed by atoms with Crippen molar-refractivity contribution in [3.05, 3.63) is 41.3 Å². The molecule has 1 aromatic carbocycles. The average Bonchev–Trinajstić information content (AvgIpc) is 2.95.